The van der Waals surface area contributed by atoms with Crippen LogP contribution in [-0.2, 0) is 0 Å². The lowest BCUT2D eigenvalue weighted by Crippen LogP contribution is -2.34. The second kappa shape index (κ2) is 7.44. The second-order valence-electron chi connectivity index (χ2n) is 6.07. The van der Waals surface area contributed by atoms with Gasteiger partial charge >= 0.3 is 0 Å². The van der Waals surface area contributed by atoms with Gasteiger partial charge < -0.3 is 26.3 Å². The van der Waals surface area contributed by atoms with Crippen LogP contribution in [0.3, 0.4) is 0 Å². The minimum Gasteiger partial charge on any atom is -0.497 e. The first-order chi connectivity index (χ1) is 12.1. The van der Waals surface area contributed by atoms with Crippen molar-refractivity contribution >= 4 is 17.2 Å². The lowest BCUT2D eigenvalue weighted by molar-refractivity contribution is 0.102. The van der Waals surface area contributed by atoms with E-state index in [0.717, 1.165) is 25.9 Å². The zero-order valence-corrected chi connectivity index (χ0v) is 14.2. The van der Waals surface area contributed by atoms with Crippen LogP contribution in [0, 0.1) is 0 Å². The smallest absolute Gasteiger partial charge is 0.198 e. The first-order valence-corrected chi connectivity index (χ1v) is 8.34. The maximum atomic E-state index is 13.0. The Labute approximate surface area is 147 Å². The van der Waals surface area contributed by atoms with Gasteiger partial charge in [0.25, 0.3) is 0 Å². The van der Waals surface area contributed by atoms with Gasteiger partial charge in [-0.3, -0.25) is 4.79 Å². The number of nitrogen functional groups attached to an aromatic ring is 2. The van der Waals surface area contributed by atoms with E-state index in [-0.39, 0.29) is 17.6 Å². The molecule has 3 rings (SSSR count). The number of ketones is 1. The molecule has 1 aliphatic rings. The zero-order valence-electron chi connectivity index (χ0n) is 14.2. The summed E-state index contributed by atoms with van der Waals surface area (Å²) in [7, 11) is 1.58. The molecule has 1 aliphatic heterocycles. The summed E-state index contributed by atoms with van der Waals surface area (Å²) in [5.41, 5.74) is 13.3. The summed E-state index contributed by atoms with van der Waals surface area (Å²) in [5.74, 6) is 0.940. The van der Waals surface area contributed by atoms with Gasteiger partial charge in [-0.05, 0) is 50.2 Å². The molecule has 6 heteroatoms. The summed E-state index contributed by atoms with van der Waals surface area (Å²) in [6.07, 6.45) is 1.86. The fourth-order valence-electron chi connectivity index (χ4n) is 2.93. The number of carbonyl (C=O) groups excluding carboxylic acids is 1. The number of anilines is 2. The Morgan fingerprint density at radius 1 is 1.12 bits per heavy atom. The molecule has 0 spiro atoms. The van der Waals surface area contributed by atoms with Crippen LogP contribution in [0.25, 0.3) is 0 Å². The molecular formula is C19H23N3O3. The molecule has 0 bridgehead atoms. The summed E-state index contributed by atoms with van der Waals surface area (Å²) in [5, 5.41) is 3.30. The Bertz CT molecular complexity index is 771. The molecule has 1 fully saturated rings. The highest BCUT2D eigenvalue weighted by Crippen LogP contribution is 2.31. The predicted octanol–water partition coefficient (Wildman–Crippen LogP) is 2.22. The monoisotopic (exact) mass is 341 g/mol. The molecule has 5 N–H and O–H groups in total. The highest BCUT2D eigenvalue weighted by Gasteiger charge is 2.22. The number of nitrogens with one attached hydrogen (secondary N) is 1. The maximum Gasteiger partial charge on any atom is 0.198 e. The van der Waals surface area contributed by atoms with Crippen LogP contribution >= 0.6 is 0 Å². The van der Waals surface area contributed by atoms with Crippen LogP contribution in [0.1, 0.15) is 28.8 Å². The van der Waals surface area contributed by atoms with E-state index in [1.165, 1.54) is 0 Å². The van der Waals surface area contributed by atoms with E-state index in [9.17, 15) is 4.79 Å². The number of para-hydroxylation sites is 1. The van der Waals surface area contributed by atoms with Gasteiger partial charge in [0.2, 0.25) is 0 Å². The SMILES string of the molecule is COc1ccc(C(=O)c2cccc(N)c2N)c(OC2CCNCC2)c1. The normalized spacial score (nSPS) is 14.9. The third-order valence-electron chi connectivity index (χ3n) is 4.40. The fraction of sp³-hybridized carbons (Fsp3) is 0.316. The lowest BCUT2D eigenvalue weighted by Gasteiger charge is -2.25. The van der Waals surface area contributed by atoms with Crippen LogP contribution in [-0.4, -0.2) is 32.1 Å². The molecule has 1 saturated heterocycles. The highest BCUT2D eigenvalue weighted by molar-refractivity contribution is 6.14. The Hall–Kier alpha value is -2.73. The molecule has 0 aromatic heterocycles. The number of nitrogens with two attached hydrogens (primary N) is 2. The highest BCUT2D eigenvalue weighted by atomic mass is 16.5. The Balaban J connectivity index is 1.96. The molecule has 6 nitrogen and oxygen atoms in total. The predicted molar refractivity (Wildman–Crippen MR) is 98.2 cm³/mol. The molecule has 132 valence electrons. The summed E-state index contributed by atoms with van der Waals surface area (Å²) < 4.78 is 11.4. The van der Waals surface area contributed by atoms with Gasteiger partial charge in [0.05, 0.1) is 24.0 Å². The molecule has 0 amide bonds. The van der Waals surface area contributed by atoms with Crippen molar-refractivity contribution in [3.05, 3.63) is 47.5 Å². The van der Waals surface area contributed by atoms with Crippen LogP contribution < -0.4 is 26.3 Å². The van der Waals surface area contributed by atoms with Crippen LogP contribution in [0.2, 0.25) is 0 Å². The van der Waals surface area contributed by atoms with Gasteiger partial charge in [-0.1, -0.05) is 6.07 Å². The topological polar surface area (TPSA) is 99.6 Å². The average Bonchev–Trinajstić information content (AvgIpc) is 2.64. The standard InChI is InChI=1S/C19H23N3O3/c1-24-13-5-6-14(17(11-13)25-12-7-9-22-10-8-12)19(23)15-3-2-4-16(20)18(15)21/h2-6,11-12,22H,7-10,20-21H2,1H3. The van der Waals surface area contributed by atoms with Gasteiger partial charge in [0, 0.05) is 11.6 Å². The number of benzene rings is 2. The van der Waals surface area contributed by atoms with E-state index in [4.69, 9.17) is 20.9 Å². The molecular weight excluding hydrogens is 318 g/mol. The van der Waals surface area contributed by atoms with Crippen molar-refractivity contribution in [1.82, 2.24) is 5.32 Å². The van der Waals surface area contributed by atoms with Gasteiger partial charge in [0.1, 0.15) is 17.6 Å². The summed E-state index contributed by atoms with van der Waals surface area (Å²) in [6, 6.07) is 10.3. The Kier molecular flexibility index (Phi) is 5.09. The second-order valence-corrected chi connectivity index (χ2v) is 6.07. The molecule has 0 unspecified atom stereocenters. The molecule has 2 aromatic rings. The number of ether oxygens (including phenoxy) is 2. The van der Waals surface area contributed by atoms with Crippen molar-refractivity contribution in [1.29, 1.82) is 0 Å². The molecule has 0 saturated carbocycles. The molecule has 1 heterocycles. The van der Waals surface area contributed by atoms with Crippen molar-refractivity contribution in [2.45, 2.75) is 18.9 Å². The average molecular weight is 341 g/mol. The largest absolute Gasteiger partial charge is 0.497 e. The van der Waals surface area contributed by atoms with Crippen LogP contribution in [0.5, 0.6) is 11.5 Å². The van der Waals surface area contributed by atoms with Crippen LogP contribution in [0.4, 0.5) is 11.4 Å². The number of rotatable bonds is 5. The third-order valence-corrected chi connectivity index (χ3v) is 4.40. The van der Waals surface area contributed by atoms with E-state index in [0.29, 0.717) is 28.3 Å². The van der Waals surface area contributed by atoms with E-state index in [1.807, 2.05) is 0 Å². The van der Waals surface area contributed by atoms with Crippen molar-refractivity contribution in [2.24, 2.45) is 0 Å². The lowest BCUT2D eigenvalue weighted by atomic mass is 9.99. The zero-order chi connectivity index (χ0) is 17.8. The molecule has 2 aromatic carbocycles. The van der Waals surface area contributed by atoms with Crippen molar-refractivity contribution in [2.75, 3.05) is 31.7 Å². The van der Waals surface area contributed by atoms with Crippen LogP contribution in [0.15, 0.2) is 36.4 Å². The van der Waals surface area contributed by atoms with Gasteiger partial charge in [-0.2, -0.15) is 0 Å². The summed E-state index contributed by atoms with van der Waals surface area (Å²) in [6.45, 7) is 1.81. The fourth-order valence-corrected chi connectivity index (χ4v) is 2.93. The number of methoxy groups -OCH3 is 1. The molecule has 0 aliphatic carbocycles. The first-order valence-electron chi connectivity index (χ1n) is 8.34. The number of piperidine rings is 1. The Morgan fingerprint density at radius 2 is 1.88 bits per heavy atom. The summed E-state index contributed by atoms with van der Waals surface area (Å²) >= 11 is 0. The molecule has 25 heavy (non-hydrogen) atoms. The number of hydrogen-bond acceptors (Lipinski definition) is 6. The maximum absolute atomic E-state index is 13.0. The van der Waals surface area contributed by atoms with E-state index in [2.05, 4.69) is 5.32 Å². The summed E-state index contributed by atoms with van der Waals surface area (Å²) in [4.78, 5) is 13.0. The first kappa shape index (κ1) is 17.1. The van der Waals surface area contributed by atoms with E-state index < -0.39 is 0 Å². The van der Waals surface area contributed by atoms with E-state index >= 15 is 0 Å². The van der Waals surface area contributed by atoms with E-state index in [1.54, 1.807) is 43.5 Å². The van der Waals surface area contributed by atoms with Gasteiger partial charge in [-0.25, -0.2) is 0 Å². The van der Waals surface area contributed by atoms with Crippen molar-refractivity contribution in [3.63, 3.8) is 0 Å². The van der Waals surface area contributed by atoms with Crippen molar-refractivity contribution in [3.8, 4) is 11.5 Å². The minimum absolute atomic E-state index is 0.0677. The number of hydrogen-bond donors (Lipinski definition) is 3. The third kappa shape index (κ3) is 3.69. The van der Waals surface area contributed by atoms with Crippen molar-refractivity contribution < 1.29 is 14.3 Å². The Morgan fingerprint density at radius 3 is 2.60 bits per heavy atom. The van der Waals surface area contributed by atoms with Gasteiger partial charge in [-0.15, -0.1) is 0 Å². The molecule has 0 radical (unpaired) electrons. The quantitative estimate of drug-likeness (QED) is 0.570. The number of carbonyl (C=O) groups is 1. The minimum atomic E-state index is -0.212. The van der Waals surface area contributed by atoms with Gasteiger partial charge in [0.15, 0.2) is 5.78 Å². The molecule has 0 atom stereocenters.